The Balaban J connectivity index is 1.13. The summed E-state index contributed by atoms with van der Waals surface area (Å²) in [5.41, 5.74) is 2.39. The minimum Gasteiger partial charge on any atom is -0.468 e. The molecule has 0 radical (unpaired) electrons. The molecule has 10 heteroatoms. The highest BCUT2D eigenvalue weighted by molar-refractivity contribution is 7.15. The lowest BCUT2D eigenvalue weighted by Gasteiger charge is -2.34. The van der Waals surface area contributed by atoms with E-state index >= 15 is 0 Å². The first kappa shape index (κ1) is 26.0. The summed E-state index contributed by atoms with van der Waals surface area (Å²) in [4.78, 5) is 43.3. The number of aromatic nitrogens is 1. The fourth-order valence-electron chi connectivity index (χ4n) is 4.55. The Morgan fingerprint density at radius 3 is 2.55 bits per heavy atom. The van der Waals surface area contributed by atoms with E-state index in [1.165, 1.54) is 12.0 Å². The number of hydrogen-bond donors (Lipinski definition) is 1. The van der Waals surface area contributed by atoms with Gasteiger partial charge >= 0.3 is 17.8 Å². The molecule has 2 aromatic heterocycles. The summed E-state index contributed by atoms with van der Waals surface area (Å²) in [6.07, 6.45) is 1.78. The Labute approximate surface area is 229 Å². The van der Waals surface area contributed by atoms with Gasteiger partial charge < -0.3 is 19.5 Å². The highest BCUT2D eigenvalue weighted by atomic mass is 35.5. The zero-order valence-corrected chi connectivity index (χ0v) is 22.4. The number of amides is 2. The van der Waals surface area contributed by atoms with Gasteiger partial charge in [0.1, 0.15) is 6.54 Å². The molecule has 0 atom stereocenters. The molecular weight excluding hydrogens is 524 g/mol. The maximum atomic E-state index is 12.8. The molecule has 196 valence electrons. The number of rotatable bonds is 6. The molecule has 0 spiro atoms. The van der Waals surface area contributed by atoms with Crippen molar-refractivity contribution in [1.29, 1.82) is 0 Å². The van der Waals surface area contributed by atoms with Crippen LogP contribution in [0.5, 0.6) is 0 Å². The minimum absolute atomic E-state index is 0.102. The zero-order valence-electron chi connectivity index (χ0n) is 20.9. The maximum Gasteiger partial charge on any atom is 0.325 e. The van der Waals surface area contributed by atoms with E-state index in [9.17, 15) is 14.4 Å². The predicted molar refractivity (Wildman–Crippen MR) is 149 cm³/mol. The normalized spacial score (nSPS) is 14.0. The highest BCUT2D eigenvalue weighted by Crippen LogP contribution is 2.33. The van der Waals surface area contributed by atoms with E-state index in [4.69, 9.17) is 16.3 Å². The minimum atomic E-state index is -0.658. The van der Waals surface area contributed by atoms with Gasteiger partial charge in [-0.05, 0) is 42.5 Å². The van der Waals surface area contributed by atoms with Gasteiger partial charge in [-0.15, -0.1) is 11.3 Å². The molecule has 38 heavy (non-hydrogen) atoms. The summed E-state index contributed by atoms with van der Waals surface area (Å²) in [5.74, 6) is -1.54. The molecule has 8 nitrogen and oxygen atoms in total. The molecule has 4 aromatic rings. The largest absolute Gasteiger partial charge is 0.468 e. The Kier molecular flexibility index (Phi) is 7.78. The van der Waals surface area contributed by atoms with Crippen LogP contribution in [-0.4, -0.2) is 65.4 Å². The third-order valence-corrected chi connectivity index (χ3v) is 8.02. The van der Waals surface area contributed by atoms with E-state index in [-0.39, 0.29) is 12.5 Å². The molecule has 2 aromatic carbocycles. The number of carbonyl (C=O) groups excluding carboxylic acids is 3. The predicted octanol–water partition coefficient (Wildman–Crippen LogP) is 4.48. The average molecular weight is 551 g/mol. The molecule has 5 rings (SSSR count). The number of esters is 1. The molecule has 1 aliphatic heterocycles. The maximum absolute atomic E-state index is 12.8. The van der Waals surface area contributed by atoms with Gasteiger partial charge in [0.2, 0.25) is 0 Å². The van der Waals surface area contributed by atoms with Gasteiger partial charge in [0.15, 0.2) is 0 Å². The highest BCUT2D eigenvalue weighted by Gasteiger charge is 2.26. The summed E-state index contributed by atoms with van der Waals surface area (Å²) in [7, 11) is 1.35. The van der Waals surface area contributed by atoms with Gasteiger partial charge in [0, 0.05) is 75.9 Å². The van der Waals surface area contributed by atoms with E-state index in [2.05, 4.69) is 22.3 Å². The van der Waals surface area contributed by atoms with Crippen LogP contribution in [0.1, 0.15) is 4.88 Å². The molecule has 0 aliphatic carbocycles. The van der Waals surface area contributed by atoms with Crippen molar-refractivity contribution < 1.29 is 19.1 Å². The number of halogens is 1. The van der Waals surface area contributed by atoms with Crippen molar-refractivity contribution in [3.05, 3.63) is 76.8 Å². The first-order valence-corrected chi connectivity index (χ1v) is 13.4. The molecule has 1 fully saturated rings. The molecule has 0 unspecified atom stereocenters. The number of ether oxygens (including phenoxy) is 1. The van der Waals surface area contributed by atoms with Crippen LogP contribution < -0.4 is 5.32 Å². The molecule has 0 saturated carbocycles. The van der Waals surface area contributed by atoms with E-state index in [1.807, 2.05) is 30.3 Å². The van der Waals surface area contributed by atoms with Crippen LogP contribution in [0.4, 0.5) is 5.69 Å². The van der Waals surface area contributed by atoms with E-state index < -0.39 is 11.8 Å². The van der Waals surface area contributed by atoms with Gasteiger partial charge in [0.25, 0.3) is 0 Å². The standard InChI is InChI=1S/C28H27ClN4O4S/c1-37-26(34)18-33-11-10-19-16-20(6-8-24(19)33)30-27(35)28(36)32-14-12-31(13-15-32)17-21-7-9-25(38-21)22-4-2-3-5-23(22)29/h2-11,16H,12-15,17-18H2,1H3,(H,30,35). The Bertz CT molecular complexity index is 1490. The zero-order chi connectivity index (χ0) is 26.6. The summed E-state index contributed by atoms with van der Waals surface area (Å²) in [5, 5.41) is 4.30. The summed E-state index contributed by atoms with van der Waals surface area (Å²) in [6, 6.07) is 19.2. The molecular formula is C28H27ClN4O4S. The number of methoxy groups -OCH3 is 1. The summed E-state index contributed by atoms with van der Waals surface area (Å²) >= 11 is 8.06. The number of hydrogen-bond acceptors (Lipinski definition) is 6. The van der Waals surface area contributed by atoms with Crippen molar-refractivity contribution in [2.45, 2.75) is 13.1 Å². The van der Waals surface area contributed by atoms with Crippen LogP contribution >= 0.6 is 22.9 Å². The van der Waals surface area contributed by atoms with Crippen LogP contribution in [-0.2, 0) is 32.2 Å². The fraction of sp³-hybridized carbons (Fsp3) is 0.250. The van der Waals surface area contributed by atoms with Crippen LogP contribution in [0, 0.1) is 0 Å². The molecule has 1 aliphatic rings. The van der Waals surface area contributed by atoms with Gasteiger partial charge in [0.05, 0.1) is 7.11 Å². The van der Waals surface area contributed by atoms with Crippen LogP contribution in [0.25, 0.3) is 21.3 Å². The van der Waals surface area contributed by atoms with Crippen molar-refractivity contribution in [2.75, 3.05) is 38.6 Å². The van der Waals surface area contributed by atoms with E-state index in [0.29, 0.717) is 31.9 Å². The number of anilines is 1. The second-order valence-corrected chi connectivity index (χ2v) is 10.6. The third-order valence-electron chi connectivity index (χ3n) is 6.59. The smallest absolute Gasteiger partial charge is 0.325 e. The van der Waals surface area contributed by atoms with Gasteiger partial charge in [-0.2, -0.15) is 0 Å². The van der Waals surface area contributed by atoms with Crippen molar-refractivity contribution in [3.8, 4) is 10.4 Å². The van der Waals surface area contributed by atoms with Gasteiger partial charge in [-0.1, -0.05) is 29.8 Å². The number of fused-ring (bicyclic) bond motifs is 1. The number of benzene rings is 2. The fourth-order valence-corrected chi connectivity index (χ4v) is 5.93. The third kappa shape index (κ3) is 5.75. The Morgan fingerprint density at radius 2 is 1.79 bits per heavy atom. The lowest BCUT2D eigenvalue weighted by molar-refractivity contribution is -0.144. The second kappa shape index (κ2) is 11.4. The molecule has 1 N–H and O–H groups in total. The average Bonchev–Trinajstić information content (AvgIpc) is 3.55. The van der Waals surface area contributed by atoms with E-state index in [0.717, 1.165) is 32.9 Å². The first-order valence-electron chi connectivity index (χ1n) is 12.2. The Morgan fingerprint density at radius 1 is 1.00 bits per heavy atom. The number of nitrogens with one attached hydrogen (secondary N) is 1. The Hall–Kier alpha value is -3.66. The van der Waals surface area contributed by atoms with Crippen molar-refractivity contribution in [3.63, 3.8) is 0 Å². The number of nitrogens with zero attached hydrogens (tertiary/aromatic N) is 3. The number of piperazine rings is 1. The first-order chi connectivity index (χ1) is 18.4. The quantitative estimate of drug-likeness (QED) is 0.283. The van der Waals surface area contributed by atoms with Crippen LogP contribution in [0.3, 0.4) is 0 Å². The number of carbonyl (C=O) groups is 3. The summed E-state index contributed by atoms with van der Waals surface area (Å²) < 4.78 is 6.49. The lowest BCUT2D eigenvalue weighted by Crippen LogP contribution is -2.51. The monoisotopic (exact) mass is 550 g/mol. The van der Waals surface area contributed by atoms with Crippen molar-refractivity contribution in [1.82, 2.24) is 14.4 Å². The SMILES string of the molecule is COC(=O)Cn1ccc2cc(NC(=O)C(=O)N3CCN(Cc4ccc(-c5ccccc5Cl)s4)CC3)ccc21. The van der Waals surface area contributed by atoms with Crippen LogP contribution in [0.15, 0.2) is 66.9 Å². The van der Waals surface area contributed by atoms with Crippen molar-refractivity contribution >= 4 is 57.3 Å². The number of thiophene rings is 1. The van der Waals surface area contributed by atoms with E-state index in [1.54, 1.807) is 45.2 Å². The van der Waals surface area contributed by atoms with Gasteiger partial charge in [-0.3, -0.25) is 19.3 Å². The topological polar surface area (TPSA) is 83.9 Å². The lowest BCUT2D eigenvalue weighted by atomic mass is 10.2. The van der Waals surface area contributed by atoms with Crippen molar-refractivity contribution in [2.24, 2.45) is 0 Å². The molecule has 2 amide bonds. The van der Waals surface area contributed by atoms with Gasteiger partial charge in [-0.25, -0.2) is 0 Å². The molecule has 3 heterocycles. The summed E-state index contributed by atoms with van der Waals surface area (Å²) in [6.45, 7) is 3.26. The second-order valence-electron chi connectivity index (χ2n) is 9.06. The van der Waals surface area contributed by atoms with Crippen LogP contribution in [0.2, 0.25) is 5.02 Å². The molecule has 1 saturated heterocycles. The molecule has 0 bridgehead atoms.